The minimum Gasteiger partial charge on any atom is -0.468 e. The van der Waals surface area contributed by atoms with Crippen LogP contribution in [0.25, 0.3) is 0 Å². The molecule has 0 bridgehead atoms. The Morgan fingerprint density at radius 1 is 1.07 bits per heavy atom. The first-order valence-electron chi connectivity index (χ1n) is 11.0. The van der Waals surface area contributed by atoms with Crippen LogP contribution in [0.1, 0.15) is 63.2 Å². The van der Waals surface area contributed by atoms with Crippen LogP contribution in [-0.2, 0) is 14.4 Å². The summed E-state index contributed by atoms with van der Waals surface area (Å²) in [4.78, 5) is 41.3. The predicted octanol–water partition coefficient (Wildman–Crippen LogP) is 2.49. The minimum atomic E-state index is -0.151. The molecule has 4 rings (SSSR count). The van der Waals surface area contributed by atoms with Gasteiger partial charge in [-0.1, -0.05) is 19.3 Å². The maximum atomic E-state index is 12.5. The van der Waals surface area contributed by atoms with E-state index in [1.807, 2.05) is 12.1 Å². The molecule has 7 heteroatoms. The van der Waals surface area contributed by atoms with Gasteiger partial charge in [-0.05, 0) is 50.9 Å². The number of nitrogens with zero attached hydrogens (tertiary/aromatic N) is 2. The van der Waals surface area contributed by atoms with Crippen molar-refractivity contribution in [1.82, 2.24) is 15.1 Å². The van der Waals surface area contributed by atoms with Crippen LogP contribution in [0.4, 0.5) is 0 Å². The molecule has 3 amide bonds. The van der Waals surface area contributed by atoms with Crippen LogP contribution in [0.15, 0.2) is 22.8 Å². The van der Waals surface area contributed by atoms with Crippen LogP contribution in [0.5, 0.6) is 0 Å². The van der Waals surface area contributed by atoms with Gasteiger partial charge in [-0.25, -0.2) is 0 Å². The molecular weight excluding hydrogens is 370 g/mol. The lowest BCUT2D eigenvalue weighted by atomic mass is 9.81. The van der Waals surface area contributed by atoms with E-state index in [4.69, 9.17) is 4.42 Å². The van der Waals surface area contributed by atoms with Crippen LogP contribution in [0.2, 0.25) is 0 Å². The first-order valence-corrected chi connectivity index (χ1v) is 11.0. The zero-order chi connectivity index (χ0) is 20.2. The molecule has 0 spiro atoms. The molecular formula is C22H31N3O4. The van der Waals surface area contributed by atoms with Crippen molar-refractivity contribution in [2.24, 2.45) is 11.8 Å². The molecule has 2 saturated heterocycles. The molecule has 1 saturated carbocycles. The second-order valence-electron chi connectivity index (χ2n) is 8.51. The Morgan fingerprint density at radius 3 is 2.38 bits per heavy atom. The van der Waals surface area contributed by atoms with Crippen LogP contribution in [0.3, 0.4) is 0 Å². The summed E-state index contributed by atoms with van der Waals surface area (Å²) in [6.45, 7) is 2.66. The van der Waals surface area contributed by atoms with E-state index in [-0.39, 0.29) is 48.6 Å². The van der Waals surface area contributed by atoms with Crippen molar-refractivity contribution < 1.29 is 18.8 Å². The first kappa shape index (κ1) is 20.1. The van der Waals surface area contributed by atoms with Gasteiger partial charge in [0.15, 0.2) is 0 Å². The summed E-state index contributed by atoms with van der Waals surface area (Å²) in [5, 5.41) is 2.99. The van der Waals surface area contributed by atoms with Gasteiger partial charge < -0.3 is 9.73 Å². The molecule has 1 aliphatic carbocycles. The minimum absolute atomic E-state index is 0.0205. The fourth-order valence-corrected chi connectivity index (χ4v) is 5.08. The number of rotatable bonds is 7. The largest absolute Gasteiger partial charge is 0.468 e. The Hall–Kier alpha value is -2.15. The molecule has 0 aromatic carbocycles. The SMILES string of the molecule is O=C(CCN1C(=O)C2CCCCC2C1=O)NCC(c1ccco1)N1CCCCC1. The van der Waals surface area contributed by atoms with Gasteiger partial charge in [0, 0.05) is 19.5 Å². The number of carbonyl (C=O) groups is 3. The van der Waals surface area contributed by atoms with Crippen molar-refractivity contribution in [3.63, 3.8) is 0 Å². The lowest BCUT2D eigenvalue weighted by Crippen LogP contribution is -2.41. The number of carbonyl (C=O) groups excluding carboxylic acids is 3. The Balaban J connectivity index is 1.29. The molecule has 1 N–H and O–H groups in total. The molecule has 3 unspecified atom stereocenters. The van der Waals surface area contributed by atoms with Gasteiger partial charge in [-0.2, -0.15) is 0 Å². The van der Waals surface area contributed by atoms with E-state index >= 15 is 0 Å². The number of hydrogen-bond acceptors (Lipinski definition) is 5. The van der Waals surface area contributed by atoms with E-state index in [9.17, 15) is 14.4 Å². The number of imide groups is 1. The highest BCUT2D eigenvalue weighted by molar-refractivity contribution is 6.05. The first-order chi connectivity index (χ1) is 14.1. The van der Waals surface area contributed by atoms with E-state index in [0.717, 1.165) is 57.4 Å². The second-order valence-corrected chi connectivity index (χ2v) is 8.51. The summed E-state index contributed by atoms with van der Waals surface area (Å²) < 4.78 is 5.61. The number of hydrogen-bond donors (Lipinski definition) is 1. The Labute approximate surface area is 171 Å². The van der Waals surface area contributed by atoms with Gasteiger partial charge in [0.1, 0.15) is 5.76 Å². The van der Waals surface area contributed by atoms with Crippen LogP contribution in [0, 0.1) is 11.8 Å². The third-order valence-electron chi connectivity index (χ3n) is 6.69. The number of piperidine rings is 1. The highest BCUT2D eigenvalue weighted by Gasteiger charge is 2.47. The molecule has 1 aromatic rings. The molecule has 1 aromatic heterocycles. The second kappa shape index (κ2) is 9.11. The molecule has 3 heterocycles. The lowest BCUT2D eigenvalue weighted by molar-refractivity contribution is -0.140. The maximum absolute atomic E-state index is 12.5. The van der Waals surface area contributed by atoms with E-state index in [1.165, 1.54) is 11.3 Å². The monoisotopic (exact) mass is 401 g/mol. The van der Waals surface area contributed by atoms with Gasteiger partial charge >= 0.3 is 0 Å². The van der Waals surface area contributed by atoms with Crippen LogP contribution in [-0.4, -0.2) is 53.7 Å². The fraction of sp³-hybridized carbons (Fsp3) is 0.682. The van der Waals surface area contributed by atoms with E-state index < -0.39 is 0 Å². The molecule has 3 fully saturated rings. The quantitative estimate of drug-likeness (QED) is 0.710. The maximum Gasteiger partial charge on any atom is 0.233 e. The summed E-state index contributed by atoms with van der Waals surface area (Å²) >= 11 is 0. The summed E-state index contributed by atoms with van der Waals surface area (Å²) in [6.07, 6.45) is 9.02. The van der Waals surface area contributed by atoms with Crippen molar-refractivity contribution in [3.05, 3.63) is 24.2 Å². The fourth-order valence-electron chi connectivity index (χ4n) is 5.08. The van der Waals surface area contributed by atoms with Crippen molar-refractivity contribution in [2.75, 3.05) is 26.2 Å². The zero-order valence-electron chi connectivity index (χ0n) is 17.0. The van der Waals surface area contributed by atoms with Gasteiger partial charge in [-0.3, -0.25) is 24.2 Å². The smallest absolute Gasteiger partial charge is 0.233 e. The van der Waals surface area contributed by atoms with Crippen molar-refractivity contribution in [2.45, 2.75) is 57.4 Å². The van der Waals surface area contributed by atoms with Gasteiger partial charge in [-0.15, -0.1) is 0 Å². The number of likely N-dealkylation sites (tertiary alicyclic amines) is 2. The van der Waals surface area contributed by atoms with Crippen molar-refractivity contribution in [1.29, 1.82) is 0 Å². The summed E-state index contributed by atoms with van der Waals surface area (Å²) in [7, 11) is 0. The predicted molar refractivity (Wildman–Crippen MR) is 107 cm³/mol. The van der Waals surface area contributed by atoms with Gasteiger partial charge in [0.2, 0.25) is 17.7 Å². The van der Waals surface area contributed by atoms with Crippen molar-refractivity contribution in [3.8, 4) is 0 Å². The number of furan rings is 1. The number of amides is 3. The van der Waals surface area contributed by atoms with E-state index in [1.54, 1.807) is 6.26 Å². The Kier molecular flexibility index (Phi) is 6.33. The standard InChI is InChI=1S/C22H31N3O4/c26-20(10-13-25-21(27)16-7-2-3-8-17(16)22(25)28)23-15-18(19-9-6-14-29-19)24-11-4-1-5-12-24/h6,9,14,16-18H,1-5,7-8,10-13,15H2,(H,23,26). The van der Waals surface area contributed by atoms with Crippen LogP contribution >= 0.6 is 0 Å². The van der Waals surface area contributed by atoms with Crippen molar-refractivity contribution >= 4 is 17.7 Å². The highest BCUT2D eigenvalue weighted by Crippen LogP contribution is 2.38. The molecule has 7 nitrogen and oxygen atoms in total. The molecule has 158 valence electrons. The molecule has 0 radical (unpaired) electrons. The van der Waals surface area contributed by atoms with E-state index in [2.05, 4.69) is 10.2 Å². The third-order valence-corrected chi connectivity index (χ3v) is 6.69. The lowest BCUT2D eigenvalue weighted by Gasteiger charge is -2.33. The summed E-state index contributed by atoms with van der Waals surface area (Å²) in [5.41, 5.74) is 0. The molecule has 3 atom stereocenters. The van der Waals surface area contributed by atoms with Gasteiger partial charge in [0.05, 0.1) is 24.1 Å². The summed E-state index contributed by atoms with van der Waals surface area (Å²) in [6, 6.07) is 3.85. The number of fused-ring (bicyclic) bond motifs is 1. The zero-order valence-corrected chi connectivity index (χ0v) is 17.0. The average molecular weight is 402 g/mol. The van der Waals surface area contributed by atoms with Crippen LogP contribution < -0.4 is 5.32 Å². The van der Waals surface area contributed by atoms with Gasteiger partial charge in [0.25, 0.3) is 0 Å². The Bertz CT molecular complexity index is 702. The average Bonchev–Trinajstić information content (AvgIpc) is 3.36. The molecule has 3 aliphatic rings. The molecule has 2 aliphatic heterocycles. The number of nitrogens with one attached hydrogen (secondary N) is 1. The normalized spacial score (nSPS) is 26.4. The Morgan fingerprint density at radius 2 is 1.76 bits per heavy atom. The topological polar surface area (TPSA) is 82.9 Å². The van der Waals surface area contributed by atoms with E-state index in [0.29, 0.717) is 6.54 Å². The third kappa shape index (κ3) is 4.39. The summed E-state index contributed by atoms with van der Waals surface area (Å²) in [5.74, 6) is 0.280. The molecule has 29 heavy (non-hydrogen) atoms. The highest BCUT2D eigenvalue weighted by atomic mass is 16.3.